The molecular formula is C23H28N2O3S. The highest BCUT2D eigenvalue weighted by Gasteiger charge is 2.50. The number of nitrogens with zero attached hydrogens (tertiary/aromatic N) is 2. The molecule has 2 fully saturated rings. The number of amides is 1. The fraction of sp³-hybridized carbons (Fsp3) is 0.435. The Bertz CT molecular complexity index is 987. The number of carbonyl (C=O) groups is 1. The minimum Gasteiger partial charge on any atom is -0.306 e. The fourth-order valence-corrected chi connectivity index (χ4v) is 6.57. The van der Waals surface area contributed by atoms with Crippen LogP contribution in [0.15, 0.2) is 54.6 Å². The topological polar surface area (TPSA) is 57.7 Å². The van der Waals surface area contributed by atoms with E-state index < -0.39 is 9.84 Å². The summed E-state index contributed by atoms with van der Waals surface area (Å²) in [5, 5.41) is 0. The second-order valence-electron chi connectivity index (χ2n) is 8.48. The van der Waals surface area contributed by atoms with Crippen molar-refractivity contribution >= 4 is 21.4 Å². The zero-order chi connectivity index (χ0) is 20.8. The minimum absolute atomic E-state index is 0.0212. The van der Waals surface area contributed by atoms with Gasteiger partial charge in [-0.25, -0.2) is 8.42 Å². The van der Waals surface area contributed by atoms with Gasteiger partial charge in [-0.05, 0) is 36.1 Å². The number of benzene rings is 2. The summed E-state index contributed by atoms with van der Waals surface area (Å²) in [6, 6.07) is 17.4. The Balaban J connectivity index is 1.68. The first-order valence-corrected chi connectivity index (χ1v) is 12.0. The van der Waals surface area contributed by atoms with Gasteiger partial charge < -0.3 is 4.90 Å². The van der Waals surface area contributed by atoms with E-state index in [9.17, 15) is 13.2 Å². The second-order valence-corrected chi connectivity index (χ2v) is 10.6. The number of sulfone groups is 1. The predicted octanol–water partition coefficient (Wildman–Crippen LogP) is 3.39. The van der Waals surface area contributed by atoms with E-state index in [1.165, 1.54) is 5.56 Å². The molecule has 0 aromatic heterocycles. The first kappa shape index (κ1) is 20.1. The van der Waals surface area contributed by atoms with Gasteiger partial charge in [0.1, 0.15) is 0 Å². The van der Waals surface area contributed by atoms with Crippen LogP contribution in [0.25, 0.3) is 0 Å². The third kappa shape index (κ3) is 3.83. The smallest absolute Gasteiger partial charge is 0.241 e. The van der Waals surface area contributed by atoms with E-state index in [4.69, 9.17) is 0 Å². The molecule has 0 aliphatic carbocycles. The number of piperazine rings is 1. The van der Waals surface area contributed by atoms with Crippen LogP contribution in [0, 0.1) is 0 Å². The zero-order valence-electron chi connectivity index (χ0n) is 17.2. The molecule has 2 aromatic rings. The summed E-state index contributed by atoms with van der Waals surface area (Å²) in [6.07, 6.45) is 0. The number of hydrogen-bond acceptors (Lipinski definition) is 4. The van der Waals surface area contributed by atoms with Crippen molar-refractivity contribution in [2.45, 2.75) is 44.8 Å². The molecule has 4 rings (SSSR count). The maximum Gasteiger partial charge on any atom is 0.241 e. The van der Waals surface area contributed by atoms with Crippen LogP contribution in [0.1, 0.15) is 43.9 Å². The van der Waals surface area contributed by atoms with Gasteiger partial charge in [0.25, 0.3) is 0 Å². The molecule has 0 spiro atoms. The lowest BCUT2D eigenvalue weighted by Crippen LogP contribution is -2.62. The molecule has 6 heteroatoms. The van der Waals surface area contributed by atoms with Crippen LogP contribution in [-0.2, 0) is 14.6 Å². The van der Waals surface area contributed by atoms with Crippen LogP contribution in [0.4, 0.5) is 5.69 Å². The average Bonchev–Trinajstić information content (AvgIpc) is 3.02. The highest BCUT2D eigenvalue weighted by Crippen LogP contribution is 2.36. The Morgan fingerprint density at radius 3 is 2.10 bits per heavy atom. The van der Waals surface area contributed by atoms with Gasteiger partial charge in [-0.3, -0.25) is 9.69 Å². The van der Waals surface area contributed by atoms with Crippen LogP contribution in [0.3, 0.4) is 0 Å². The van der Waals surface area contributed by atoms with Gasteiger partial charge in [-0.2, -0.15) is 0 Å². The Labute approximate surface area is 173 Å². The van der Waals surface area contributed by atoms with E-state index in [1.807, 2.05) is 54.6 Å². The molecule has 0 bridgehead atoms. The van der Waals surface area contributed by atoms with Gasteiger partial charge in [0.05, 0.1) is 24.1 Å². The molecule has 5 nitrogen and oxygen atoms in total. The molecule has 1 amide bonds. The van der Waals surface area contributed by atoms with Crippen molar-refractivity contribution in [3.63, 3.8) is 0 Å². The van der Waals surface area contributed by atoms with Gasteiger partial charge in [0.2, 0.25) is 5.91 Å². The summed E-state index contributed by atoms with van der Waals surface area (Å²) in [5.41, 5.74) is 3.09. The highest BCUT2D eigenvalue weighted by atomic mass is 32.2. The van der Waals surface area contributed by atoms with Crippen LogP contribution in [0.2, 0.25) is 0 Å². The van der Waals surface area contributed by atoms with Gasteiger partial charge in [-0.15, -0.1) is 0 Å². The molecule has 2 saturated heterocycles. The first-order valence-electron chi connectivity index (χ1n) is 10.2. The van der Waals surface area contributed by atoms with Gasteiger partial charge in [-0.1, -0.05) is 56.3 Å². The SMILES string of the molecule is CC(C)c1ccc(N2C(=O)CN([C@@H](C)c3ccccc3)[C@H]3CS(=O)(=O)C[C@H]32)cc1. The van der Waals surface area contributed by atoms with Crippen LogP contribution in [-0.4, -0.2) is 49.4 Å². The molecule has 0 unspecified atom stereocenters. The van der Waals surface area contributed by atoms with Crippen molar-refractivity contribution in [2.24, 2.45) is 0 Å². The van der Waals surface area contributed by atoms with Crippen LogP contribution >= 0.6 is 0 Å². The maximum atomic E-state index is 13.2. The largest absolute Gasteiger partial charge is 0.306 e. The molecule has 2 aliphatic rings. The quantitative estimate of drug-likeness (QED) is 0.772. The van der Waals surface area contributed by atoms with E-state index in [1.54, 1.807) is 4.90 Å². The normalized spacial score (nSPS) is 25.2. The van der Waals surface area contributed by atoms with E-state index >= 15 is 0 Å². The summed E-state index contributed by atoms with van der Waals surface area (Å²) in [4.78, 5) is 17.0. The van der Waals surface area contributed by atoms with Gasteiger partial charge in [0, 0.05) is 17.8 Å². The van der Waals surface area contributed by atoms with E-state index in [2.05, 4.69) is 25.7 Å². The Hall–Kier alpha value is -2.18. The Morgan fingerprint density at radius 2 is 1.48 bits per heavy atom. The van der Waals surface area contributed by atoms with Crippen LogP contribution < -0.4 is 4.90 Å². The Morgan fingerprint density at radius 1 is 0.862 bits per heavy atom. The molecule has 2 aliphatic heterocycles. The molecule has 2 heterocycles. The van der Waals surface area contributed by atoms with Crippen LogP contribution in [0.5, 0.6) is 0 Å². The monoisotopic (exact) mass is 412 g/mol. The van der Waals surface area contributed by atoms with Crippen molar-refractivity contribution in [1.82, 2.24) is 4.90 Å². The number of hydrogen-bond donors (Lipinski definition) is 0. The second kappa shape index (κ2) is 7.58. The summed E-state index contributed by atoms with van der Waals surface area (Å²) in [5.74, 6) is 0.488. The molecule has 154 valence electrons. The molecule has 0 N–H and O–H groups in total. The molecule has 0 saturated carbocycles. The number of fused-ring (bicyclic) bond motifs is 1. The predicted molar refractivity (Wildman–Crippen MR) is 116 cm³/mol. The van der Waals surface area contributed by atoms with E-state index in [0.717, 1.165) is 11.3 Å². The summed E-state index contributed by atoms with van der Waals surface area (Å²) >= 11 is 0. The number of carbonyl (C=O) groups excluding carboxylic acids is 1. The highest BCUT2D eigenvalue weighted by molar-refractivity contribution is 7.91. The van der Waals surface area contributed by atoms with Crippen molar-refractivity contribution in [3.8, 4) is 0 Å². The third-order valence-electron chi connectivity index (χ3n) is 6.26. The molecule has 0 radical (unpaired) electrons. The first-order chi connectivity index (χ1) is 13.8. The van der Waals surface area contributed by atoms with E-state index in [-0.39, 0.29) is 42.1 Å². The standard InChI is InChI=1S/C23H28N2O3S/c1-16(2)18-9-11-20(12-10-18)25-22-15-29(27,28)14-21(22)24(13-23(25)26)17(3)19-7-5-4-6-8-19/h4-12,16-17,21-22H,13-15H2,1-3H3/t17-,21-,22+/m0/s1. The number of anilines is 1. The average molecular weight is 413 g/mol. The zero-order valence-corrected chi connectivity index (χ0v) is 18.0. The molecular weight excluding hydrogens is 384 g/mol. The van der Waals surface area contributed by atoms with Crippen molar-refractivity contribution in [3.05, 3.63) is 65.7 Å². The van der Waals surface area contributed by atoms with E-state index in [0.29, 0.717) is 5.92 Å². The van der Waals surface area contributed by atoms with Crippen molar-refractivity contribution in [2.75, 3.05) is 23.0 Å². The lowest BCUT2D eigenvalue weighted by atomic mass is 9.97. The maximum absolute atomic E-state index is 13.2. The lowest BCUT2D eigenvalue weighted by Gasteiger charge is -2.46. The Kier molecular flexibility index (Phi) is 5.25. The number of rotatable bonds is 4. The third-order valence-corrected chi connectivity index (χ3v) is 7.95. The molecule has 29 heavy (non-hydrogen) atoms. The minimum atomic E-state index is -3.20. The lowest BCUT2D eigenvalue weighted by molar-refractivity contribution is -0.124. The van der Waals surface area contributed by atoms with Gasteiger partial charge in [0.15, 0.2) is 9.84 Å². The summed E-state index contributed by atoms with van der Waals surface area (Å²) in [6.45, 7) is 6.53. The molecule has 3 atom stereocenters. The molecule has 2 aromatic carbocycles. The van der Waals surface area contributed by atoms with Crippen molar-refractivity contribution < 1.29 is 13.2 Å². The summed E-state index contributed by atoms with van der Waals surface area (Å²) < 4.78 is 25.1. The fourth-order valence-electron chi connectivity index (χ4n) is 4.61. The van der Waals surface area contributed by atoms with Gasteiger partial charge >= 0.3 is 0 Å². The summed E-state index contributed by atoms with van der Waals surface area (Å²) in [7, 11) is -3.20. The van der Waals surface area contributed by atoms with Crippen molar-refractivity contribution in [1.29, 1.82) is 0 Å².